The van der Waals surface area contributed by atoms with Gasteiger partial charge >= 0.3 is 5.97 Å². The molecule has 0 saturated carbocycles. The van der Waals surface area contributed by atoms with Crippen LogP contribution in [0.1, 0.15) is 51.0 Å². The summed E-state index contributed by atoms with van der Waals surface area (Å²) >= 11 is 0. The summed E-state index contributed by atoms with van der Waals surface area (Å²) in [5.41, 5.74) is 6.23. The van der Waals surface area contributed by atoms with E-state index >= 15 is 0 Å². The molecule has 3 atom stereocenters. The second-order valence-electron chi connectivity index (χ2n) is 8.58. The van der Waals surface area contributed by atoms with Crippen LogP contribution in [-0.2, 0) is 11.3 Å². The Morgan fingerprint density at radius 3 is 2.56 bits per heavy atom. The number of carbonyl (C=O) groups excluding carboxylic acids is 1. The molecule has 1 heterocycles. The fourth-order valence-corrected chi connectivity index (χ4v) is 4.85. The minimum atomic E-state index is -0.312. The first-order chi connectivity index (χ1) is 15.6. The standard InChI is InChI=1S/C28H27NO3/c1-18-9-11-19(12-10-18)17-32-21-15-13-20(14-16-21)26-23-6-3-5-22(23)24-7-4-8-25(27(24)29-26)28(30)31-2/h3-5,7-16,22-23,26,29H,6,17H2,1-2H3/t22-,23+,26+/m1/s1. The van der Waals surface area contributed by atoms with Gasteiger partial charge in [-0.3, -0.25) is 0 Å². The number of hydrogen-bond donors (Lipinski definition) is 1. The first-order valence-corrected chi connectivity index (χ1v) is 11.1. The summed E-state index contributed by atoms with van der Waals surface area (Å²) in [4.78, 5) is 12.4. The van der Waals surface area contributed by atoms with Crippen molar-refractivity contribution in [1.29, 1.82) is 0 Å². The van der Waals surface area contributed by atoms with Gasteiger partial charge in [0, 0.05) is 5.92 Å². The highest BCUT2D eigenvalue weighted by molar-refractivity contribution is 5.97. The maximum Gasteiger partial charge on any atom is 0.339 e. The molecule has 0 spiro atoms. The van der Waals surface area contributed by atoms with Crippen molar-refractivity contribution in [2.75, 3.05) is 12.4 Å². The van der Waals surface area contributed by atoms with E-state index in [1.165, 1.54) is 23.8 Å². The van der Waals surface area contributed by atoms with Crippen molar-refractivity contribution in [3.63, 3.8) is 0 Å². The number of rotatable bonds is 5. The Morgan fingerprint density at radius 1 is 1.03 bits per heavy atom. The lowest BCUT2D eigenvalue weighted by atomic mass is 9.76. The SMILES string of the molecule is COC(=O)c1cccc2c1N[C@@H](c1ccc(OCc3ccc(C)cc3)cc1)[C@H]1CC=C[C@@H]21. The average Bonchev–Trinajstić information content (AvgIpc) is 3.33. The number of methoxy groups -OCH3 is 1. The minimum Gasteiger partial charge on any atom is -0.489 e. The van der Waals surface area contributed by atoms with Gasteiger partial charge in [-0.25, -0.2) is 4.79 Å². The fourth-order valence-electron chi connectivity index (χ4n) is 4.85. The lowest BCUT2D eigenvalue weighted by Gasteiger charge is -2.38. The highest BCUT2D eigenvalue weighted by Gasteiger charge is 2.39. The fraction of sp³-hybridized carbons (Fsp3) is 0.250. The molecule has 3 aromatic rings. The van der Waals surface area contributed by atoms with Crippen molar-refractivity contribution in [3.05, 3.63) is 107 Å². The molecule has 4 nitrogen and oxygen atoms in total. The quantitative estimate of drug-likeness (QED) is 0.391. The van der Waals surface area contributed by atoms with Gasteiger partial charge in [-0.15, -0.1) is 0 Å². The summed E-state index contributed by atoms with van der Waals surface area (Å²) in [7, 11) is 1.43. The summed E-state index contributed by atoms with van der Waals surface area (Å²) in [6.45, 7) is 2.63. The third-order valence-corrected chi connectivity index (χ3v) is 6.57. The van der Waals surface area contributed by atoms with Crippen molar-refractivity contribution in [2.45, 2.75) is 31.9 Å². The number of hydrogen-bond acceptors (Lipinski definition) is 4. The Morgan fingerprint density at radius 2 is 1.81 bits per heavy atom. The molecule has 32 heavy (non-hydrogen) atoms. The Bertz CT molecular complexity index is 1150. The molecule has 1 N–H and O–H groups in total. The molecule has 0 radical (unpaired) electrons. The first kappa shape index (κ1) is 20.4. The first-order valence-electron chi connectivity index (χ1n) is 11.1. The molecule has 5 rings (SSSR count). The summed E-state index contributed by atoms with van der Waals surface area (Å²) in [5.74, 6) is 1.24. The number of allylic oxidation sites excluding steroid dienone is 2. The smallest absolute Gasteiger partial charge is 0.339 e. The van der Waals surface area contributed by atoms with Gasteiger partial charge in [-0.05, 0) is 54.2 Å². The molecule has 0 unspecified atom stereocenters. The predicted molar refractivity (Wildman–Crippen MR) is 126 cm³/mol. The number of ether oxygens (including phenoxy) is 2. The maximum absolute atomic E-state index is 12.4. The molecule has 4 heteroatoms. The van der Waals surface area contributed by atoms with Crippen LogP contribution in [0.2, 0.25) is 0 Å². The summed E-state index contributed by atoms with van der Waals surface area (Å²) < 4.78 is 11.0. The molecule has 1 aliphatic heterocycles. The van der Waals surface area contributed by atoms with E-state index in [2.05, 4.69) is 66.9 Å². The zero-order valence-electron chi connectivity index (χ0n) is 18.4. The van der Waals surface area contributed by atoms with Gasteiger partial charge < -0.3 is 14.8 Å². The molecule has 0 amide bonds. The number of carbonyl (C=O) groups is 1. The average molecular weight is 426 g/mol. The molecule has 0 fully saturated rings. The van der Waals surface area contributed by atoms with Crippen molar-refractivity contribution in [2.24, 2.45) is 5.92 Å². The monoisotopic (exact) mass is 425 g/mol. The van der Waals surface area contributed by atoms with Gasteiger partial charge in [-0.2, -0.15) is 0 Å². The van der Waals surface area contributed by atoms with Crippen LogP contribution < -0.4 is 10.1 Å². The zero-order chi connectivity index (χ0) is 22.1. The molecule has 0 bridgehead atoms. The van der Waals surface area contributed by atoms with E-state index in [1.54, 1.807) is 0 Å². The topological polar surface area (TPSA) is 47.6 Å². The van der Waals surface area contributed by atoms with Gasteiger partial charge in [0.25, 0.3) is 0 Å². The van der Waals surface area contributed by atoms with E-state index in [0.717, 1.165) is 23.4 Å². The lowest BCUT2D eigenvalue weighted by molar-refractivity contribution is 0.0601. The van der Waals surface area contributed by atoms with Gasteiger partial charge in [0.15, 0.2) is 0 Å². The normalized spacial score (nSPS) is 20.8. The molecule has 0 aromatic heterocycles. The van der Waals surface area contributed by atoms with Crippen LogP contribution in [0, 0.1) is 12.8 Å². The Hall–Kier alpha value is -3.53. The van der Waals surface area contributed by atoms with Crippen molar-refractivity contribution < 1.29 is 14.3 Å². The van der Waals surface area contributed by atoms with Gasteiger partial charge in [-0.1, -0.05) is 66.2 Å². The Balaban J connectivity index is 1.38. The van der Waals surface area contributed by atoms with Crippen molar-refractivity contribution in [1.82, 2.24) is 0 Å². The number of para-hydroxylation sites is 1. The second-order valence-corrected chi connectivity index (χ2v) is 8.58. The predicted octanol–water partition coefficient (Wildman–Crippen LogP) is 6.19. The van der Waals surface area contributed by atoms with E-state index in [4.69, 9.17) is 9.47 Å². The van der Waals surface area contributed by atoms with Gasteiger partial charge in [0.05, 0.1) is 24.4 Å². The number of nitrogens with one attached hydrogen (secondary N) is 1. The molecular formula is C28H27NO3. The summed E-state index contributed by atoms with van der Waals surface area (Å²) in [5, 5.41) is 3.67. The highest BCUT2D eigenvalue weighted by atomic mass is 16.5. The number of fused-ring (bicyclic) bond motifs is 3. The van der Waals surface area contributed by atoms with Crippen LogP contribution in [0.25, 0.3) is 0 Å². The van der Waals surface area contributed by atoms with E-state index in [1.807, 2.05) is 24.3 Å². The second kappa shape index (κ2) is 8.54. The molecule has 3 aromatic carbocycles. The lowest BCUT2D eigenvalue weighted by Crippen LogP contribution is -2.30. The van der Waals surface area contributed by atoms with E-state index in [-0.39, 0.29) is 12.0 Å². The molecule has 162 valence electrons. The number of esters is 1. The van der Waals surface area contributed by atoms with Gasteiger partial charge in [0.2, 0.25) is 0 Å². The number of aryl methyl sites for hydroxylation is 1. The van der Waals surface area contributed by atoms with Crippen LogP contribution in [-0.4, -0.2) is 13.1 Å². The minimum absolute atomic E-state index is 0.111. The Kier molecular flexibility index (Phi) is 5.44. The largest absolute Gasteiger partial charge is 0.489 e. The third kappa shape index (κ3) is 3.77. The van der Waals surface area contributed by atoms with Crippen LogP contribution in [0.3, 0.4) is 0 Å². The van der Waals surface area contributed by atoms with Crippen LogP contribution in [0.15, 0.2) is 78.9 Å². The molecule has 2 aliphatic rings. The van der Waals surface area contributed by atoms with E-state index in [9.17, 15) is 4.79 Å². The third-order valence-electron chi connectivity index (χ3n) is 6.57. The van der Waals surface area contributed by atoms with Crippen LogP contribution in [0.5, 0.6) is 5.75 Å². The van der Waals surface area contributed by atoms with E-state index in [0.29, 0.717) is 24.0 Å². The van der Waals surface area contributed by atoms with E-state index < -0.39 is 0 Å². The maximum atomic E-state index is 12.4. The summed E-state index contributed by atoms with van der Waals surface area (Å²) in [6, 6.07) is 22.7. The van der Waals surface area contributed by atoms with Crippen molar-refractivity contribution >= 4 is 11.7 Å². The van der Waals surface area contributed by atoms with Crippen LogP contribution in [0.4, 0.5) is 5.69 Å². The van der Waals surface area contributed by atoms with Crippen LogP contribution >= 0.6 is 0 Å². The number of anilines is 1. The Labute approximate surface area is 188 Å². The molecule has 1 aliphatic carbocycles. The highest BCUT2D eigenvalue weighted by Crippen LogP contribution is 2.50. The molecule has 0 saturated heterocycles. The van der Waals surface area contributed by atoms with Crippen molar-refractivity contribution in [3.8, 4) is 5.75 Å². The zero-order valence-corrected chi connectivity index (χ0v) is 18.4. The summed E-state index contributed by atoms with van der Waals surface area (Å²) in [6.07, 6.45) is 5.54. The number of benzene rings is 3. The van der Waals surface area contributed by atoms with Gasteiger partial charge in [0.1, 0.15) is 12.4 Å². The molecular weight excluding hydrogens is 398 g/mol.